The topological polar surface area (TPSA) is 92.4 Å². The van der Waals surface area contributed by atoms with Crippen LogP contribution in [-0.2, 0) is 22.4 Å². The molecule has 1 atom stereocenters. The van der Waals surface area contributed by atoms with Gasteiger partial charge in [0, 0.05) is 17.7 Å². The molecular formula is C18H22N2O4. The van der Waals surface area contributed by atoms with Crippen LogP contribution < -0.4 is 5.32 Å². The smallest absolute Gasteiger partial charge is 0.306 e. The number of aromatic nitrogens is 1. The molecule has 0 bridgehead atoms. The number of aliphatic carboxylic acids is 1. The zero-order valence-corrected chi connectivity index (χ0v) is 14.1. The van der Waals surface area contributed by atoms with Crippen LogP contribution in [0, 0.1) is 19.8 Å². The van der Waals surface area contributed by atoms with E-state index in [4.69, 9.17) is 9.63 Å². The summed E-state index contributed by atoms with van der Waals surface area (Å²) >= 11 is 0. The van der Waals surface area contributed by atoms with Gasteiger partial charge in [-0.05, 0) is 44.4 Å². The first kappa shape index (κ1) is 17.7. The molecule has 2 aromatic rings. The Bertz CT molecular complexity index is 700. The Kier molecular flexibility index (Phi) is 5.73. The van der Waals surface area contributed by atoms with E-state index in [0.717, 1.165) is 22.6 Å². The highest BCUT2D eigenvalue weighted by Crippen LogP contribution is 2.16. The molecule has 2 rings (SSSR count). The normalized spacial score (nSPS) is 12.0. The molecule has 1 aromatic heterocycles. The van der Waals surface area contributed by atoms with Gasteiger partial charge in [-0.3, -0.25) is 9.59 Å². The van der Waals surface area contributed by atoms with E-state index < -0.39 is 11.9 Å². The molecule has 1 aromatic carbocycles. The summed E-state index contributed by atoms with van der Waals surface area (Å²) in [5, 5.41) is 15.6. The molecule has 0 spiro atoms. The standard InChI is InChI=1S/C18H22N2O4/c1-11(18(22)23)10-14-4-6-15(7-5-14)19-17(21)9-8-16-12(2)20-24-13(16)3/h4-7,11H,8-10H2,1-3H3,(H,19,21)(H,22,23). The van der Waals surface area contributed by atoms with E-state index in [2.05, 4.69) is 10.5 Å². The van der Waals surface area contributed by atoms with Crippen molar-refractivity contribution >= 4 is 17.6 Å². The number of anilines is 1. The van der Waals surface area contributed by atoms with Gasteiger partial charge in [-0.2, -0.15) is 0 Å². The van der Waals surface area contributed by atoms with Crippen LogP contribution in [0.5, 0.6) is 0 Å². The zero-order chi connectivity index (χ0) is 17.7. The number of carbonyl (C=O) groups excluding carboxylic acids is 1. The van der Waals surface area contributed by atoms with E-state index in [0.29, 0.717) is 24.9 Å². The summed E-state index contributed by atoms with van der Waals surface area (Å²) in [5.74, 6) is -0.578. The fourth-order valence-electron chi connectivity index (χ4n) is 2.49. The van der Waals surface area contributed by atoms with Crippen LogP contribution in [0.3, 0.4) is 0 Å². The number of hydrogen-bond acceptors (Lipinski definition) is 4. The number of rotatable bonds is 7. The van der Waals surface area contributed by atoms with Crippen LogP contribution >= 0.6 is 0 Å². The molecule has 6 nitrogen and oxygen atoms in total. The summed E-state index contributed by atoms with van der Waals surface area (Å²) in [6, 6.07) is 7.25. The second-order valence-electron chi connectivity index (χ2n) is 5.99. The summed E-state index contributed by atoms with van der Waals surface area (Å²) in [7, 11) is 0. The van der Waals surface area contributed by atoms with Crippen molar-refractivity contribution in [3.8, 4) is 0 Å². The van der Waals surface area contributed by atoms with Crippen LogP contribution in [-0.4, -0.2) is 22.1 Å². The molecule has 0 aliphatic carbocycles. The van der Waals surface area contributed by atoms with Crippen molar-refractivity contribution in [3.05, 3.63) is 46.8 Å². The first-order chi connectivity index (χ1) is 11.4. The lowest BCUT2D eigenvalue weighted by Gasteiger charge is -2.08. The highest BCUT2D eigenvalue weighted by atomic mass is 16.5. The maximum absolute atomic E-state index is 12.0. The second-order valence-corrected chi connectivity index (χ2v) is 5.99. The van der Waals surface area contributed by atoms with Crippen LogP contribution in [0.4, 0.5) is 5.69 Å². The van der Waals surface area contributed by atoms with Gasteiger partial charge in [0.2, 0.25) is 5.91 Å². The lowest BCUT2D eigenvalue weighted by Crippen LogP contribution is -2.13. The minimum atomic E-state index is -0.813. The molecule has 0 aliphatic rings. The highest BCUT2D eigenvalue weighted by Gasteiger charge is 2.13. The number of nitrogens with one attached hydrogen (secondary N) is 1. The molecular weight excluding hydrogens is 308 g/mol. The molecule has 128 valence electrons. The molecule has 0 saturated carbocycles. The van der Waals surface area contributed by atoms with E-state index in [9.17, 15) is 9.59 Å². The lowest BCUT2D eigenvalue weighted by atomic mass is 10.0. The predicted octanol–water partition coefficient (Wildman–Crippen LogP) is 3.13. The van der Waals surface area contributed by atoms with Crippen molar-refractivity contribution in [2.24, 2.45) is 5.92 Å². The van der Waals surface area contributed by atoms with Crippen molar-refractivity contribution in [2.75, 3.05) is 5.32 Å². The molecule has 6 heteroatoms. The Balaban J connectivity index is 1.87. The Morgan fingerprint density at radius 1 is 1.25 bits per heavy atom. The largest absolute Gasteiger partial charge is 0.481 e. The van der Waals surface area contributed by atoms with Gasteiger partial charge in [-0.25, -0.2) is 0 Å². The molecule has 1 unspecified atom stereocenters. The number of benzene rings is 1. The molecule has 0 fully saturated rings. The monoisotopic (exact) mass is 330 g/mol. The number of carboxylic acids is 1. The van der Waals surface area contributed by atoms with E-state index >= 15 is 0 Å². The fraction of sp³-hybridized carbons (Fsp3) is 0.389. The van der Waals surface area contributed by atoms with Gasteiger partial charge in [-0.1, -0.05) is 24.2 Å². The highest BCUT2D eigenvalue weighted by molar-refractivity contribution is 5.90. The second kappa shape index (κ2) is 7.77. The van der Waals surface area contributed by atoms with E-state index in [1.807, 2.05) is 26.0 Å². The van der Waals surface area contributed by atoms with Gasteiger partial charge >= 0.3 is 5.97 Å². The molecule has 1 amide bonds. The van der Waals surface area contributed by atoms with Gasteiger partial charge in [0.25, 0.3) is 0 Å². The first-order valence-electron chi connectivity index (χ1n) is 7.90. The molecule has 1 heterocycles. The van der Waals surface area contributed by atoms with Crippen LogP contribution in [0.1, 0.15) is 35.9 Å². The van der Waals surface area contributed by atoms with E-state index in [1.54, 1.807) is 19.1 Å². The van der Waals surface area contributed by atoms with Crippen LogP contribution in [0.25, 0.3) is 0 Å². The minimum Gasteiger partial charge on any atom is -0.481 e. The van der Waals surface area contributed by atoms with Gasteiger partial charge in [0.15, 0.2) is 0 Å². The average Bonchev–Trinajstić information content (AvgIpc) is 2.85. The predicted molar refractivity (Wildman–Crippen MR) is 89.9 cm³/mol. The fourth-order valence-corrected chi connectivity index (χ4v) is 2.49. The summed E-state index contributed by atoms with van der Waals surface area (Å²) in [6.07, 6.45) is 1.40. The van der Waals surface area contributed by atoms with E-state index in [1.165, 1.54) is 0 Å². The third kappa shape index (κ3) is 4.68. The maximum Gasteiger partial charge on any atom is 0.306 e. The number of amides is 1. The quantitative estimate of drug-likeness (QED) is 0.813. The average molecular weight is 330 g/mol. The number of carbonyl (C=O) groups is 2. The summed E-state index contributed by atoms with van der Waals surface area (Å²) in [5.41, 5.74) is 3.42. The number of aryl methyl sites for hydroxylation is 2. The summed E-state index contributed by atoms with van der Waals surface area (Å²) in [6.45, 7) is 5.37. The maximum atomic E-state index is 12.0. The SMILES string of the molecule is Cc1noc(C)c1CCC(=O)Nc1ccc(CC(C)C(=O)O)cc1. The van der Waals surface area contributed by atoms with Crippen molar-refractivity contribution in [1.29, 1.82) is 0 Å². The molecule has 0 saturated heterocycles. The van der Waals surface area contributed by atoms with E-state index in [-0.39, 0.29) is 5.91 Å². The Morgan fingerprint density at radius 3 is 2.46 bits per heavy atom. The van der Waals surface area contributed by atoms with Crippen molar-refractivity contribution in [2.45, 2.75) is 40.0 Å². The summed E-state index contributed by atoms with van der Waals surface area (Å²) in [4.78, 5) is 22.9. The van der Waals surface area contributed by atoms with Gasteiger partial charge in [-0.15, -0.1) is 0 Å². The van der Waals surface area contributed by atoms with Crippen molar-refractivity contribution in [1.82, 2.24) is 5.16 Å². The van der Waals surface area contributed by atoms with Crippen LogP contribution in [0.2, 0.25) is 0 Å². The van der Waals surface area contributed by atoms with Crippen LogP contribution in [0.15, 0.2) is 28.8 Å². The van der Waals surface area contributed by atoms with Crippen molar-refractivity contribution < 1.29 is 19.2 Å². The van der Waals surface area contributed by atoms with Crippen molar-refractivity contribution in [3.63, 3.8) is 0 Å². The summed E-state index contributed by atoms with van der Waals surface area (Å²) < 4.78 is 5.08. The number of nitrogens with zero attached hydrogens (tertiary/aromatic N) is 1. The number of hydrogen-bond donors (Lipinski definition) is 2. The molecule has 2 N–H and O–H groups in total. The third-order valence-electron chi connectivity index (χ3n) is 3.98. The zero-order valence-electron chi connectivity index (χ0n) is 14.1. The Morgan fingerprint density at radius 2 is 1.92 bits per heavy atom. The lowest BCUT2D eigenvalue weighted by molar-refractivity contribution is -0.141. The Hall–Kier alpha value is -2.63. The Labute approximate surface area is 140 Å². The number of carboxylic acid groups (broad SMARTS) is 1. The first-order valence-corrected chi connectivity index (χ1v) is 7.90. The van der Waals surface area contributed by atoms with Gasteiger partial charge < -0.3 is 14.9 Å². The molecule has 0 radical (unpaired) electrons. The minimum absolute atomic E-state index is 0.0818. The molecule has 0 aliphatic heterocycles. The third-order valence-corrected chi connectivity index (χ3v) is 3.98. The molecule has 24 heavy (non-hydrogen) atoms. The van der Waals surface area contributed by atoms with Gasteiger partial charge in [0.05, 0.1) is 11.6 Å². The van der Waals surface area contributed by atoms with Gasteiger partial charge in [0.1, 0.15) is 5.76 Å².